The minimum atomic E-state index is -0.0506. The van der Waals surface area contributed by atoms with Crippen LogP contribution >= 0.6 is 23.2 Å². The summed E-state index contributed by atoms with van der Waals surface area (Å²) in [5, 5.41) is 5.33. The van der Waals surface area contributed by atoms with Crippen molar-refractivity contribution in [2.75, 3.05) is 0 Å². The molecule has 0 spiro atoms. The van der Waals surface area contributed by atoms with Crippen LogP contribution in [0.5, 0.6) is 0 Å². The van der Waals surface area contributed by atoms with Gasteiger partial charge in [0.25, 0.3) is 0 Å². The second kappa shape index (κ2) is 5.71. The van der Waals surface area contributed by atoms with Crippen molar-refractivity contribution >= 4 is 23.2 Å². The van der Waals surface area contributed by atoms with Crippen molar-refractivity contribution < 1.29 is 0 Å². The Morgan fingerprint density at radius 3 is 2.50 bits per heavy atom. The molecule has 96 valence electrons. The molecule has 1 aromatic heterocycles. The maximum atomic E-state index is 5.99. The molecular formula is C12H14Cl2N4. The molecule has 0 aliphatic carbocycles. The summed E-state index contributed by atoms with van der Waals surface area (Å²) in [7, 11) is 1.88. The van der Waals surface area contributed by atoms with Crippen molar-refractivity contribution in [1.82, 2.24) is 15.2 Å². The number of benzene rings is 1. The zero-order valence-corrected chi connectivity index (χ0v) is 11.4. The summed E-state index contributed by atoms with van der Waals surface area (Å²) < 4.78 is 1.76. The van der Waals surface area contributed by atoms with Gasteiger partial charge in [-0.15, -0.1) is 0 Å². The van der Waals surface area contributed by atoms with Gasteiger partial charge < -0.3 is 0 Å². The third kappa shape index (κ3) is 3.23. The number of nitrogens with two attached hydrogens (primary N) is 1. The number of nitrogens with one attached hydrogen (secondary N) is 1. The molecule has 0 saturated carbocycles. The average Bonchev–Trinajstić information content (AvgIpc) is 2.70. The number of hydrogen-bond acceptors (Lipinski definition) is 3. The van der Waals surface area contributed by atoms with E-state index in [1.54, 1.807) is 10.7 Å². The Morgan fingerprint density at radius 1 is 1.33 bits per heavy atom. The normalized spacial score (nSPS) is 12.7. The number of aromatic nitrogens is 2. The quantitative estimate of drug-likeness (QED) is 0.670. The predicted octanol–water partition coefficient (Wildman–Crippen LogP) is 2.47. The lowest BCUT2D eigenvalue weighted by Crippen LogP contribution is -2.29. The maximum Gasteiger partial charge on any atom is 0.0522 e. The van der Waals surface area contributed by atoms with Crippen LogP contribution in [0.2, 0.25) is 10.0 Å². The summed E-state index contributed by atoms with van der Waals surface area (Å²) in [6.45, 7) is 0. The second-order valence-corrected chi connectivity index (χ2v) is 5.02. The molecule has 0 fully saturated rings. The van der Waals surface area contributed by atoms with E-state index in [1.807, 2.05) is 31.6 Å². The van der Waals surface area contributed by atoms with E-state index in [9.17, 15) is 0 Å². The van der Waals surface area contributed by atoms with Gasteiger partial charge in [0, 0.05) is 23.3 Å². The van der Waals surface area contributed by atoms with Gasteiger partial charge in [-0.25, -0.2) is 0 Å². The van der Waals surface area contributed by atoms with Gasteiger partial charge in [0.1, 0.15) is 0 Å². The zero-order valence-electron chi connectivity index (χ0n) is 9.90. The molecule has 0 radical (unpaired) electrons. The number of rotatable bonds is 4. The minimum absolute atomic E-state index is 0.0506. The van der Waals surface area contributed by atoms with E-state index in [4.69, 9.17) is 29.0 Å². The van der Waals surface area contributed by atoms with E-state index in [0.29, 0.717) is 10.0 Å². The Hall–Kier alpha value is -1.07. The second-order valence-electron chi connectivity index (χ2n) is 4.15. The van der Waals surface area contributed by atoms with Crippen molar-refractivity contribution in [1.29, 1.82) is 0 Å². The number of aryl methyl sites for hydroxylation is 1. The minimum Gasteiger partial charge on any atom is -0.276 e. The van der Waals surface area contributed by atoms with Gasteiger partial charge in [0.15, 0.2) is 0 Å². The molecule has 0 saturated heterocycles. The molecule has 2 aromatic rings. The van der Waals surface area contributed by atoms with Crippen LogP contribution in [0.25, 0.3) is 0 Å². The first-order valence-electron chi connectivity index (χ1n) is 5.48. The van der Waals surface area contributed by atoms with Crippen LogP contribution in [0.1, 0.15) is 17.2 Å². The highest BCUT2D eigenvalue weighted by atomic mass is 35.5. The van der Waals surface area contributed by atoms with Crippen LogP contribution in [0, 0.1) is 0 Å². The molecule has 0 amide bonds. The molecule has 1 atom stereocenters. The Bertz CT molecular complexity index is 518. The van der Waals surface area contributed by atoms with E-state index >= 15 is 0 Å². The Kier molecular flexibility index (Phi) is 4.24. The van der Waals surface area contributed by atoms with Crippen LogP contribution in [0.3, 0.4) is 0 Å². The Balaban J connectivity index is 2.22. The average molecular weight is 285 g/mol. The van der Waals surface area contributed by atoms with Gasteiger partial charge in [0.2, 0.25) is 0 Å². The summed E-state index contributed by atoms with van der Waals surface area (Å²) in [4.78, 5) is 0. The van der Waals surface area contributed by atoms with E-state index < -0.39 is 0 Å². The molecular weight excluding hydrogens is 271 g/mol. The van der Waals surface area contributed by atoms with Crippen molar-refractivity contribution in [3.63, 3.8) is 0 Å². The van der Waals surface area contributed by atoms with E-state index in [2.05, 4.69) is 10.5 Å². The summed E-state index contributed by atoms with van der Waals surface area (Å²) in [6, 6.07) is 5.36. The lowest BCUT2D eigenvalue weighted by molar-refractivity contribution is 0.552. The zero-order chi connectivity index (χ0) is 13.1. The van der Waals surface area contributed by atoms with Crippen molar-refractivity contribution in [2.45, 2.75) is 12.5 Å². The Labute approximate surface area is 116 Å². The van der Waals surface area contributed by atoms with Crippen LogP contribution in [-0.4, -0.2) is 9.78 Å². The van der Waals surface area contributed by atoms with Crippen LogP contribution < -0.4 is 11.3 Å². The SMILES string of the molecule is Cn1cc(CC(NN)c2cc(Cl)cc(Cl)c2)cn1. The first-order valence-corrected chi connectivity index (χ1v) is 6.23. The molecule has 4 nitrogen and oxygen atoms in total. The number of hydrogen-bond donors (Lipinski definition) is 2. The van der Waals surface area contributed by atoms with Crippen LogP contribution in [0.15, 0.2) is 30.6 Å². The van der Waals surface area contributed by atoms with E-state index in [-0.39, 0.29) is 6.04 Å². The highest BCUT2D eigenvalue weighted by Gasteiger charge is 2.13. The lowest BCUT2D eigenvalue weighted by atomic mass is 10.0. The number of halogens is 2. The van der Waals surface area contributed by atoms with Gasteiger partial charge >= 0.3 is 0 Å². The van der Waals surface area contributed by atoms with Crippen molar-refractivity contribution in [3.8, 4) is 0 Å². The summed E-state index contributed by atoms with van der Waals surface area (Å²) in [5.74, 6) is 5.60. The predicted molar refractivity (Wildman–Crippen MR) is 73.4 cm³/mol. The molecule has 0 aliphatic heterocycles. The third-order valence-corrected chi connectivity index (χ3v) is 3.12. The molecule has 6 heteroatoms. The third-order valence-electron chi connectivity index (χ3n) is 2.69. The maximum absolute atomic E-state index is 5.99. The fraction of sp³-hybridized carbons (Fsp3) is 0.250. The van der Waals surface area contributed by atoms with Gasteiger partial charge in [-0.05, 0) is 35.7 Å². The summed E-state index contributed by atoms with van der Waals surface area (Å²) in [6.07, 6.45) is 4.49. The molecule has 0 bridgehead atoms. The highest BCUT2D eigenvalue weighted by molar-refractivity contribution is 6.34. The van der Waals surface area contributed by atoms with Crippen molar-refractivity contribution in [2.24, 2.45) is 12.9 Å². The fourth-order valence-electron chi connectivity index (χ4n) is 1.86. The molecule has 1 aromatic carbocycles. The van der Waals surface area contributed by atoms with Gasteiger partial charge in [-0.2, -0.15) is 5.10 Å². The number of nitrogens with zero attached hydrogens (tertiary/aromatic N) is 2. The monoisotopic (exact) mass is 284 g/mol. The first kappa shape index (κ1) is 13.4. The van der Waals surface area contributed by atoms with Crippen LogP contribution in [-0.2, 0) is 13.5 Å². The summed E-state index contributed by atoms with van der Waals surface area (Å²) >= 11 is 12.0. The molecule has 1 unspecified atom stereocenters. The van der Waals surface area contributed by atoms with Gasteiger partial charge in [-0.3, -0.25) is 16.0 Å². The smallest absolute Gasteiger partial charge is 0.0522 e. The van der Waals surface area contributed by atoms with Gasteiger partial charge in [-0.1, -0.05) is 23.2 Å². The Morgan fingerprint density at radius 2 is 2.00 bits per heavy atom. The molecule has 0 aliphatic rings. The fourth-order valence-corrected chi connectivity index (χ4v) is 2.41. The molecule has 1 heterocycles. The van der Waals surface area contributed by atoms with Crippen molar-refractivity contribution in [3.05, 3.63) is 51.8 Å². The molecule has 2 rings (SSSR count). The standard InChI is InChI=1S/C12H14Cl2N4/c1-18-7-8(6-16-18)2-12(17-15)9-3-10(13)5-11(14)4-9/h3-7,12,17H,2,15H2,1H3. The van der Waals surface area contributed by atoms with E-state index in [1.165, 1.54) is 0 Å². The topological polar surface area (TPSA) is 55.9 Å². The van der Waals surface area contributed by atoms with Crippen LogP contribution in [0.4, 0.5) is 0 Å². The first-order chi connectivity index (χ1) is 8.58. The van der Waals surface area contributed by atoms with Gasteiger partial charge in [0.05, 0.1) is 12.2 Å². The lowest BCUT2D eigenvalue weighted by Gasteiger charge is -2.16. The number of hydrazine groups is 1. The molecule has 3 N–H and O–H groups in total. The van der Waals surface area contributed by atoms with E-state index in [0.717, 1.165) is 17.5 Å². The summed E-state index contributed by atoms with van der Waals surface area (Å²) in [5.41, 5.74) is 4.83. The largest absolute Gasteiger partial charge is 0.276 e. The molecule has 18 heavy (non-hydrogen) atoms. The highest BCUT2D eigenvalue weighted by Crippen LogP contribution is 2.25.